The molecule has 1 saturated heterocycles. The molecular formula is C16H23N3O2. The SMILES string of the molecule is O=C(CC1CCCCC1)N1CCC(Oc2cccnn2)C1. The van der Waals surface area contributed by atoms with Crippen LogP contribution in [0.3, 0.4) is 0 Å². The van der Waals surface area contributed by atoms with Crippen LogP contribution in [0.1, 0.15) is 44.9 Å². The van der Waals surface area contributed by atoms with E-state index in [1.54, 1.807) is 12.3 Å². The lowest BCUT2D eigenvalue weighted by molar-refractivity contribution is -0.131. The number of likely N-dealkylation sites (tertiary alicyclic amines) is 1. The Hall–Kier alpha value is -1.65. The number of nitrogens with zero attached hydrogens (tertiary/aromatic N) is 3. The molecule has 1 unspecified atom stereocenters. The highest BCUT2D eigenvalue weighted by atomic mass is 16.5. The van der Waals surface area contributed by atoms with Gasteiger partial charge in [-0.1, -0.05) is 19.3 Å². The molecule has 5 heteroatoms. The predicted octanol–water partition coefficient (Wildman–Crippen LogP) is 2.43. The fourth-order valence-corrected chi connectivity index (χ4v) is 3.34. The summed E-state index contributed by atoms with van der Waals surface area (Å²) >= 11 is 0. The summed E-state index contributed by atoms with van der Waals surface area (Å²) in [5.41, 5.74) is 0. The molecule has 1 amide bonds. The monoisotopic (exact) mass is 289 g/mol. The normalized spacial score (nSPS) is 23.2. The smallest absolute Gasteiger partial charge is 0.233 e. The Morgan fingerprint density at radius 2 is 2.14 bits per heavy atom. The summed E-state index contributed by atoms with van der Waals surface area (Å²) in [5.74, 6) is 1.45. The molecule has 0 N–H and O–H groups in total. The summed E-state index contributed by atoms with van der Waals surface area (Å²) < 4.78 is 5.78. The minimum Gasteiger partial charge on any atom is -0.471 e. The molecule has 1 atom stereocenters. The Morgan fingerprint density at radius 3 is 2.90 bits per heavy atom. The lowest BCUT2D eigenvalue weighted by Crippen LogP contribution is -2.32. The van der Waals surface area contributed by atoms with Crippen LogP contribution in [-0.4, -0.2) is 40.2 Å². The van der Waals surface area contributed by atoms with E-state index >= 15 is 0 Å². The molecular weight excluding hydrogens is 266 g/mol. The summed E-state index contributed by atoms with van der Waals surface area (Å²) in [6, 6.07) is 3.61. The first-order valence-corrected chi connectivity index (χ1v) is 8.03. The van der Waals surface area contributed by atoms with Gasteiger partial charge in [0.1, 0.15) is 6.10 Å². The Bertz CT molecular complexity index is 460. The molecule has 2 fully saturated rings. The van der Waals surface area contributed by atoms with Gasteiger partial charge in [-0.05, 0) is 24.8 Å². The highest BCUT2D eigenvalue weighted by Gasteiger charge is 2.29. The van der Waals surface area contributed by atoms with Crippen LogP contribution in [0.25, 0.3) is 0 Å². The summed E-state index contributed by atoms with van der Waals surface area (Å²) in [5, 5.41) is 7.73. The van der Waals surface area contributed by atoms with Crippen molar-refractivity contribution in [2.75, 3.05) is 13.1 Å². The number of hydrogen-bond donors (Lipinski definition) is 0. The van der Waals surface area contributed by atoms with Gasteiger partial charge < -0.3 is 9.64 Å². The van der Waals surface area contributed by atoms with Gasteiger partial charge in [0.05, 0.1) is 6.54 Å². The molecule has 3 rings (SSSR count). The molecule has 1 aliphatic carbocycles. The van der Waals surface area contributed by atoms with Crippen LogP contribution in [0.15, 0.2) is 18.3 Å². The second-order valence-electron chi connectivity index (χ2n) is 6.14. The maximum Gasteiger partial charge on any atom is 0.233 e. The van der Waals surface area contributed by atoms with Crippen LogP contribution in [0, 0.1) is 5.92 Å². The van der Waals surface area contributed by atoms with Crippen molar-refractivity contribution in [3.63, 3.8) is 0 Å². The van der Waals surface area contributed by atoms with E-state index in [1.165, 1.54) is 32.1 Å². The second kappa shape index (κ2) is 6.87. The average Bonchev–Trinajstić information content (AvgIpc) is 2.98. The molecule has 114 valence electrons. The number of carbonyl (C=O) groups excluding carboxylic acids is 1. The number of amides is 1. The molecule has 5 nitrogen and oxygen atoms in total. The zero-order chi connectivity index (χ0) is 14.5. The van der Waals surface area contributed by atoms with Crippen molar-refractivity contribution in [1.29, 1.82) is 0 Å². The van der Waals surface area contributed by atoms with Crippen molar-refractivity contribution in [1.82, 2.24) is 15.1 Å². The van der Waals surface area contributed by atoms with Crippen molar-refractivity contribution in [3.8, 4) is 5.88 Å². The van der Waals surface area contributed by atoms with Crippen LogP contribution in [0.5, 0.6) is 5.88 Å². The molecule has 2 heterocycles. The van der Waals surface area contributed by atoms with E-state index in [-0.39, 0.29) is 6.10 Å². The first-order chi connectivity index (χ1) is 10.3. The Morgan fingerprint density at radius 1 is 1.29 bits per heavy atom. The first kappa shape index (κ1) is 14.3. The van der Waals surface area contributed by atoms with Crippen LogP contribution in [0.2, 0.25) is 0 Å². The van der Waals surface area contributed by atoms with Gasteiger partial charge in [-0.15, -0.1) is 5.10 Å². The zero-order valence-corrected chi connectivity index (χ0v) is 12.4. The maximum atomic E-state index is 12.4. The van der Waals surface area contributed by atoms with Crippen molar-refractivity contribution >= 4 is 5.91 Å². The van der Waals surface area contributed by atoms with Gasteiger partial charge in [0.15, 0.2) is 0 Å². The minimum absolute atomic E-state index is 0.0528. The summed E-state index contributed by atoms with van der Waals surface area (Å²) in [4.78, 5) is 14.3. The van der Waals surface area contributed by atoms with Gasteiger partial charge in [0, 0.05) is 31.6 Å². The van der Waals surface area contributed by atoms with E-state index in [9.17, 15) is 4.79 Å². The molecule has 21 heavy (non-hydrogen) atoms. The van der Waals surface area contributed by atoms with Crippen molar-refractivity contribution in [2.24, 2.45) is 5.92 Å². The highest BCUT2D eigenvalue weighted by molar-refractivity contribution is 5.76. The molecule has 1 aromatic heterocycles. The number of carbonyl (C=O) groups is 1. The summed E-state index contributed by atoms with van der Waals surface area (Å²) in [7, 11) is 0. The highest BCUT2D eigenvalue weighted by Crippen LogP contribution is 2.27. The van der Waals surface area contributed by atoms with Gasteiger partial charge in [0.2, 0.25) is 11.8 Å². The van der Waals surface area contributed by atoms with Crippen LogP contribution < -0.4 is 4.74 Å². The fourth-order valence-electron chi connectivity index (χ4n) is 3.34. The first-order valence-electron chi connectivity index (χ1n) is 8.03. The fraction of sp³-hybridized carbons (Fsp3) is 0.688. The third kappa shape index (κ3) is 3.93. The Kier molecular flexibility index (Phi) is 4.68. The van der Waals surface area contributed by atoms with Gasteiger partial charge in [0.25, 0.3) is 0 Å². The summed E-state index contributed by atoms with van der Waals surface area (Å²) in [6.07, 6.45) is 9.64. The third-order valence-electron chi connectivity index (χ3n) is 4.52. The molecule has 1 saturated carbocycles. The van der Waals surface area contributed by atoms with E-state index in [2.05, 4.69) is 10.2 Å². The van der Waals surface area contributed by atoms with Crippen molar-refractivity contribution in [3.05, 3.63) is 18.3 Å². The zero-order valence-electron chi connectivity index (χ0n) is 12.4. The van der Waals surface area contributed by atoms with Gasteiger partial charge in [-0.2, -0.15) is 5.10 Å². The molecule has 0 bridgehead atoms. The maximum absolute atomic E-state index is 12.4. The predicted molar refractivity (Wildman–Crippen MR) is 78.8 cm³/mol. The van der Waals surface area contributed by atoms with Crippen molar-refractivity contribution < 1.29 is 9.53 Å². The van der Waals surface area contributed by atoms with E-state index in [1.807, 2.05) is 11.0 Å². The van der Waals surface area contributed by atoms with Crippen LogP contribution >= 0.6 is 0 Å². The lowest BCUT2D eigenvalue weighted by Gasteiger charge is -2.24. The molecule has 1 aliphatic heterocycles. The third-order valence-corrected chi connectivity index (χ3v) is 4.52. The standard InChI is InChI=1S/C16H23N3O2/c20-16(11-13-5-2-1-3-6-13)19-10-8-14(12-19)21-15-7-4-9-17-18-15/h4,7,9,13-14H,1-3,5-6,8,10-12H2. The number of rotatable bonds is 4. The summed E-state index contributed by atoms with van der Waals surface area (Å²) in [6.45, 7) is 1.48. The Balaban J connectivity index is 1.46. The van der Waals surface area contributed by atoms with Gasteiger partial charge in [-0.3, -0.25) is 4.79 Å². The molecule has 0 spiro atoms. The molecule has 0 radical (unpaired) electrons. The molecule has 0 aromatic carbocycles. The number of ether oxygens (including phenoxy) is 1. The van der Waals surface area contributed by atoms with E-state index < -0.39 is 0 Å². The van der Waals surface area contributed by atoms with Crippen LogP contribution in [-0.2, 0) is 4.79 Å². The largest absolute Gasteiger partial charge is 0.471 e. The minimum atomic E-state index is 0.0528. The quantitative estimate of drug-likeness (QED) is 0.854. The van der Waals surface area contributed by atoms with E-state index in [0.29, 0.717) is 24.2 Å². The van der Waals surface area contributed by atoms with E-state index in [0.717, 1.165) is 19.4 Å². The average molecular weight is 289 g/mol. The molecule has 2 aliphatic rings. The number of aromatic nitrogens is 2. The van der Waals surface area contributed by atoms with Crippen LogP contribution in [0.4, 0.5) is 0 Å². The van der Waals surface area contributed by atoms with Gasteiger partial charge in [-0.25, -0.2) is 0 Å². The lowest BCUT2D eigenvalue weighted by atomic mass is 9.87. The second-order valence-corrected chi connectivity index (χ2v) is 6.14. The van der Waals surface area contributed by atoms with E-state index in [4.69, 9.17) is 4.74 Å². The van der Waals surface area contributed by atoms with Gasteiger partial charge >= 0.3 is 0 Å². The Labute approximate surface area is 125 Å². The molecule has 1 aromatic rings. The topological polar surface area (TPSA) is 55.3 Å². The van der Waals surface area contributed by atoms with Crippen molar-refractivity contribution in [2.45, 2.75) is 51.0 Å². The number of hydrogen-bond acceptors (Lipinski definition) is 4.